The fourth-order valence-corrected chi connectivity index (χ4v) is 3.11. The molecule has 3 unspecified atom stereocenters. The number of halogens is 1. The molecule has 3 atom stereocenters. The van der Waals surface area contributed by atoms with E-state index in [9.17, 15) is 19.5 Å². The first-order valence-electron chi connectivity index (χ1n) is 8.20. The number of aliphatic hydroxyl groups excluding tert-OH is 1. The summed E-state index contributed by atoms with van der Waals surface area (Å²) in [7, 11) is 1.28. The number of carbonyl (C=O) groups excluding carboxylic acids is 3. The molecule has 10 heteroatoms. The number of aliphatic hydroxyl groups is 1. The summed E-state index contributed by atoms with van der Waals surface area (Å²) < 4.78 is 14.8. The lowest BCUT2D eigenvalue weighted by Crippen LogP contribution is -2.34. The first-order chi connectivity index (χ1) is 12.4. The number of methoxy groups -OCH3 is 1. The van der Waals surface area contributed by atoms with Gasteiger partial charge in [-0.15, -0.1) is 0 Å². The van der Waals surface area contributed by atoms with Crippen LogP contribution in [0.2, 0.25) is 0 Å². The molecule has 0 aromatic heterocycles. The van der Waals surface area contributed by atoms with E-state index in [0.717, 1.165) is 6.42 Å². The second-order valence-corrected chi connectivity index (χ2v) is 7.01. The fraction of sp³-hybridized carbons (Fsp3) is 0.750. The fourth-order valence-electron chi connectivity index (χ4n) is 1.79. The lowest BCUT2D eigenvalue weighted by Gasteiger charge is -2.21. The van der Waals surface area contributed by atoms with Gasteiger partial charge in [0.25, 0.3) is 0 Å². The van der Waals surface area contributed by atoms with Crippen molar-refractivity contribution in [2.75, 3.05) is 25.2 Å². The zero-order chi connectivity index (χ0) is 19.9. The molecule has 0 aromatic carbocycles. The number of rotatable bonds is 13. The third kappa shape index (κ3) is 11.1. The summed E-state index contributed by atoms with van der Waals surface area (Å²) in [6, 6.07) is 0. The molecule has 0 radical (unpaired) electrons. The van der Waals surface area contributed by atoms with E-state index in [-0.39, 0.29) is 18.9 Å². The van der Waals surface area contributed by atoms with Crippen LogP contribution >= 0.6 is 34.8 Å². The number of amides is 1. The SMILES string of the molecule is CCCC(CO)OC(CSCCC(=O)N=CC(C)C(=O)OI)C(=O)OC. The Bertz CT molecular complexity index is 476. The molecular weight excluding hydrogens is 477 g/mol. The Kier molecular flexibility index (Phi) is 14.9. The molecule has 0 rings (SSSR count). The largest absolute Gasteiger partial charge is 0.467 e. The summed E-state index contributed by atoms with van der Waals surface area (Å²) in [5, 5.41) is 9.29. The Hall–Kier alpha value is -0.720. The summed E-state index contributed by atoms with van der Waals surface area (Å²) in [5.41, 5.74) is 0. The topological polar surface area (TPSA) is 111 Å². The van der Waals surface area contributed by atoms with Gasteiger partial charge in [-0.05, 0) is 13.3 Å². The number of hydrogen-bond donors (Lipinski definition) is 1. The number of thioether (sulfide) groups is 1. The first-order valence-corrected chi connectivity index (χ1v) is 10.2. The molecule has 0 fully saturated rings. The Morgan fingerprint density at radius 3 is 2.54 bits per heavy atom. The molecule has 0 heterocycles. The zero-order valence-corrected chi connectivity index (χ0v) is 18.2. The van der Waals surface area contributed by atoms with Gasteiger partial charge in [-0.25, -0.2) is 9.79 Å². The zero-order valence-electron chi connectivity index (χ0n) is 15.2. The average molecular weight is 503 g/mol. The molecule has 0 saturated heterocycles. The van der Waals surface area contributed by atoms with Crippen molar-refractivity contribution in [2.45, 2.75) is 45.3 Å². The van der Waals surface area contributed by atoms with Gasteiger partial charge in [0.15, 0.2) is 29.1 Å². The van der Waals surface area contributed by atoms with Gasteiger partial charge < -0.3 is 17.6 Å². The molecule has 0 saturated carbocycles. The van der Waals surface area contributed by atoms with Gasteiger partial charge in [-0.3, -0.25) is 9.59 Å². The standard InChI is InChI=1S/C16H26INO7S/c1-4-5-12(9-19)24-13(16(22)23-3)10-26-7-6-14(20)18-8-11(2)15(21)25-17/h8,11-13,19H,4-7,9-10H2,1-3H3. The highest BCUT2D eigenvalue weighted by Gasteiger charge is 2.24. The predicted octanol–water partition coefficient (Wildman–Crippen LogP) is 1.96. The molecule has 26 heavy (non-hydrogen) atoms. The van der Waals surface area contributed by atoms with Gasteiger partial charge in [0.1, 0.15) is 0 Å². The predicted molar refractivity (Wildman–Crippen MR) is 107 cm³/mol. The molecule has 8 nitrogen and oxygen atoms in total. The second-order valence-electron chi connectivity index (χ2n) is 5.42. The van der Waals surface area contributed by atoms with E-state index in [1.807, 2.05) is 6.92 Å². The van der Waals surface area contributed by atoms with E-state index < -0.39 is 30.1 Å². The summed E-state index contributed by atoms with van der Waals surface area (Å²) >= 11 is 2.83. The van der Waals surface area contributed by atoms with Crippen LogP contribution in [0.1, 0.15) is 33.1 Å². The lowest BCUT2D eigenvalue weighted by molar-refractivity contribution is -0.157. The van der Waals surface area contributed by atoms with E-state index in [2.05, 4.69) is 8.06 Å². The summed E-state index contributed by atoms with van der Waals surface area (Å²) in [5.74, 6) is -1.19. The number of ether oxygens (including phenoxy) is 2. The van der Waals surface area contributed by atoms with Gasteiger partial charge in [0.05, 0.1) is 25.7 Å². The second kappa shape index (κ2) is 15.3. The van der Waals surface area contributed by atoms with E-state index in [0.29, 0.717) is 17.9 Å². The Morgan fingerprint density at radius 1 is 1.31 bits per heavy atom. The molecule has 0 aromatic rings. The van der Waals surface area contributed by atoms with Gasteiger partial charge in [0.2, 0.25) is 5.91 Å². The highest BCUT2D eigenvalue weighted by atomic mass is 127. The summed E-state index contributed by atoms with van der Waals surface area (Å²) in [6.07, 6.45) is 1.66. The molecule has 0 aliphatic heterocycles. The maximum absolute atomic E-state index is 11.8. The van der Waals surface area contributed by atoms with E-state index in [4.69, 9.17) is 9.47 Å². The van der Waals surface area contributed by atoms with Gasteiger partial charge in [0, 0.05) is 24.1 Å². The quantitative estimate of drug-likeness (QED) is 0.176. The number of hydrogen-bond acceptors (Lipinski definition) is 8. The molecule has 0 bridgehead atoms. The van der Waals surface area contributed by atoms with Crippen LogP contribution in [0.25, 0.3) is 0 Å². The van der Waals surface area contributed by atoms with Gasteiger partial charge in [-0.1, -0.05) is 13.3 Å². The maximum Gasteiger partial charge on any atom is 0.335 e. The van der Waals surface area contributed by atoms with Crippen molar-refractivity contribution in [1.29, 1.82) is 0 Å². The molecule has 0 aliphatic rings. The Morgan fingerprint density at radius 2 is 2.00 bits per heavy atom. The number of aliphatic imine (C=N–C) groups is 1. The average Bonchev–Trinajstić information content (AvgIpc) is 2.66. The molecule has 0 spiro atoms. The summed E-state index contributed by atoms with van der Waals surface area (Å²) in [4.78, 5) is 38.4. The Labute approximate surface area is 172 Å². The minimum Gasteiger partial charge on any atom is -0.467 e. The number of esters is 1. The minimum atomic E-state index is -0.800. The van der Waals surface area contributed by atoms with Crippen molar-refractivity contribution in [2.24, 2.45) is 10.9 Å². The van der Waals surface area contributed by atoms with Crippen molar-refractivity contribution in [3.63, 3.8) is 0 Å². The highest BCUT2D eigenvalue weighted by molar-refractivity contribution is 14.1. The van der Waals surface area contributed by atoms with Gasteiger partial charge >= 0.3 is 11.9 Å². The molecule has 0 aliphatic carbocycles. The van der Waals surface area contributed by atoms with Crippen LogP contribution in [0.4, 0.5) is 0 Å². The van der Waals surface area contributed by atoms with Crippen molar-refractivity contribution < 1.29 is 32.0 Å². The van der Waals surface area contributed by atoms with Crippen LogP contribution in [-0.2, 0) is 26.9 Å². The third-order valence-electron chi connectivity index (χ3n) is 3.25. The smallest absolute Gasteiger partial charge is 0.335 e. The molecular formula is C16H26INO7S. The van der Waals surface area contributed by atoms with Crippen LogP contribution in [-0.4, -0.2) is 66.6 Å². The van der Waals surface area contributed by atoms with Crippen molar-refractivity contribution in [3.8, 4) is 0 Å². The third-order valence-corrected chi connectivity index (χ3v) is 4.72. The minimum absolute atomic E-state index is 0.166. The monoisotopic (exact) mass is 503 g/mol. The Balaban J connectivity index is 4.33. The molecule has 1 N–H and O–H groups in total. The molecule has 150 valence electrons. The summed E-state index contributed by atoms with van der Waals surface area (Å²) in [6.45, 7) is 3.37. The van der Waals surface area contributed by atoms with E-state index >= 15 is 0 Å². The number of nitrogens with zero attached hydrogens (tertiary/aromatic N) is 1. The lowest BCUT2D eigenvalue weighted by atomic mass is 10.2. The van der Waals surface area contributed by atoms with Crippen molar-refractivity contribution >= 4 is 58.8 Å². The van der Waals surface area contributed by atoms with Crippen LogP contribution in [0.15, 0.2) is 4.99 Å². The molecule has 1 amide bonds. The highest BCUT2D eigenvalue weighted by Crippen LogP contribution is 2.13. The van der Waals surface area contributed by atoms with Crippen molar-refractivity contribution in [3.05, 3.63) is 0 Å². The van der Waals surface area contributed by atoms with Crippen LogP contribution < -0.4 is 0 Å². The van der Waals surface area contributed by atoms with Crippen molar-refractivity contribution in [1.82, 2.24) is 0 Å². The van der Waals surface area contributed by atoms with E-state index in [1.165, 1.54) is 48.1 Å². The maximum atomic E-state index is 11.8. The number of carbonyl (C=O) groups is 3. The van der Waals surface area contributed by atoms with Gasteiger partial charge in [-0.2, -0.15) is 11.8 Å². The van der Waals surface area contributed by atoms with E-state index in [1.54, 1.807) is 6.92 Å². The first kappa shape index (κ1) is 25.3. The van der Waals surface area contributed by atoms with Crippen LogP contribution in [0.5, 0.6) is 0 Å². The van der Waals surface area contributed by atoms with Crippen LogP contribution in [0, 0.1) is 5.92 Å². The van der Waals surface area contributed by atoms with Crippen LogP contribution in [0.3, 0.4) is 0 Å². The normalized spacial score (nSPS) is 14.7.